The molecule has 216 valence electrons. The van der Waals surface area contributed by atoms with Gasteiger partial charge in [-0.3, -0.25) is 24.0 Å². The van der Waals surface area contributed by atoms with E-state index in [0.717, 1.165) is 17.3 Å². The van der Waals surface area contributed by atoms with Gasteiger partial charge in [0.15, 0.2) is 17.3 Å². The minimum atomic E-state index is -4.72. The predicted octanol–water partition coefficient (Wildman–Crippen LogP) is 3.83. The van der Waals surface area contributed by atoms with Crippen LogP contribution in [0.1, 0.15) is 48.7 Å². The first-order valence-electron chi connectivity index (χ1n) is 13.2. The van der Waals surface area contributed by atoms with Gasteiger partial charge in [-0.1, -0.05) is 13.0 Å². The molecule has 1 aliphatic heterocycles. The quantitative estimate of drug-likeness (QED) is 0.341. The third-order valence-electron chi connectivity index (χ3n) is 7.89. The Morgan fingerprint density at radius 2 is 1.81 bits per heavy atom. The van der Waals surface area contributed by atoms with E-state index in [4.69, 9.17) is 0 Å². The number of piperidine rings is 1. The van der Waals surface area contributed by atoms with Gasteiger partial charge in [-0.15, -0.1) is 0 Å². The molecule has 2 fully saturated rings. The second-order valence-electron chi connectivity index (χ2n) is 11.0. The molecule has 42 heavy (non-hydrogen) atoms. The number of likely N-dealkylation sites (tertiary alicyclic amines) is 1. The maximum Gasteiger partial charge on any atom is 0.434 e. The lowest BCUT2D eigenvalue weighted by molar-refractivity contribution is -0.141. The highest BCUT2D eigenvalue weighted by Crippen LogP contribution is 2.59. The van der Waals surface area contributed by atoms with Crippen molar-refractivity contribution in [2.45, 2.75) is 58.4 Å². The molecule has 1 aliphatic carbocycles. The monoisotopic (exact) mass is 578 g/mol. The summed E-state index contributed by atoms with van der Waals surface area (Å²) in [7, 11) is 0. The van der Waals surface area contributed by atoms with Crippen molar-refractivity contribution in [1.29, 1.82) is 0 Å². The van der Waals surface area contributed by atoms with Gasteiger partial charge in [-0.2, -0.15) is 18.3 Å². The summed E-state index contributed by atoms with van der Waals surface area (Å²) in [6, 6.07) is 4.27. The van der Waals surface area contributed by atoms with Crippen LogP contribution in [0, 0.1) is 12.3 Å². The van der Waals surface area contributed by atoms with Crippen molar-refractivity contribution in [2.24, 2.45) is 5.41 Å². The summed E-state index contributed by atoms with van der Waals surface area (Å²) in [5, 5.41) is 7.39. The zero-order valence-electron chi connectivity index (χ0n) is 22.8. The molecular formula is C28H25F3N8O3. The van der Waals surface area contributed by atoms with E-state index in [1.165, 1.54) is 16.5 Å². The van der Waals surface area contributed by atoms with E-state index in [9.17, 15) is 27.6 Å². The number of alkyl halides is 3. The van der Waals surface area contributed by atoms with Crippen LogP contribution in [-0.2, 0) is 22.3 Å². The summed E-state index contributed by atoms with van der Waals surface area (Å²) < 4.78 is 40.7. The molecule has 3 atom stereocenters. The average molecular weight is 579 g/mol. The van der Waals surface area contributed by atoms with Crippen molar-refractivity contribution >= 4 is 34.3 Å². The van der Waals surface area contributed by atoms with Crippen LogP contribution in [0.4, 0.5) is 19.0 Å². The third kappa shape index (κ3) is 4.86. The molecule has 3 aromatic heterocycles. The predicted molar refractivity (Wildman–Crippen MR) is 143 cm³/mol. The number of carbonyl (C=O) groups is 3. The fraction of sp³-hybridized carbons (Fsp3) is 0.357. The first-order chi connectivity index (χ1) is 19.8. The number of aryl methyl sites for hydroxylation is 1. The van der Waals surface area contributed by atoms with Crippen LogP contribution in [0.15, 0.2) is 43.0 Å². The molecule has 1 saturated heterocycles. The maximum absolute atomic E-state index is 13.7. The molecule has 1 saturated carbocycles. The number of ketones is 1. The van der Waals surface area contributed by atoms with Gasteiger partial charge in [0.2, 0.25) is 11.8 Å². The zero-order chi connectivity index (χ0) is 30.0. The lowest BCUT2D eigenvalue weighted by atomic mass is 10.0. The van der Waals surface area contributed by atoms with Crippen molar-refractivity contribution in [3.8, 4) is 11.1 Å². The Morgan fingerprint density at radius 1 is 1.07 bits per heavy atom. The smallest absolute Gasteiger partial charge is 0.325 e. The Morgan fingerprint density at radius 3 is 2.50 bits per heavy atom. The van der Waals surface area contributed by atoms with Crippen LogP contribution in [0.2, 0.25) is 0 Å². The number of hydrogen-bond donors (Lipinski definition) is 1. The largest absolute Gasteiger partial charge is 0.434 e. The Balaban J connectivity index is 1.27. The van der Waals surface area contributed by atoms with E-state index in [-0.39, 0.29) is 35.3 Å². The van der Waals surface area contributed by atoms with E-state index in [1.807, 2.05) is 13.0 Å². The summed E-state index contributed by atoms with van der Waals surface area (Å²) in [4.78, 5) is 56.3. The molecule has 4 heterocycles. The summed E-state index contributed by atoms with van der Waals surface area (Å²) in [5.41, 5.74) is 0.771. The lowest BCUT2D eigenvalue weighted by Crippen LogP contribution is -2.46. The Bertz CT molecular complexity index is 1750. The van der Waals surface area contributed by atoms with Gasteiger partial charge >= 0.3 is 6.18 Å². The molecule has 0 bridgehead atoms. The summed E-state index contributed by atoms with van der Waals surface area (Å²) in [6.07, 6.45) is 1.28. The van der Waals surface area contributed by atoms with Crippen molar-refractivity contribution < 1.29 is 27.6 Å². The second kappa shape index (κ2) is 9.67. The SMILES string of the molecule is CC(=O)c1nn(CC(=O)N2C3C[C@]3(C)C[C@H]2C(=O)Nc2cncc(C(F)(F)F)n2)c2ccc(-c3cnc(C)nc3)cc12. The van der Waals surface area contributed by atoms with Gasteiger partial charge in [-0.25, -0.2) is 15.0 Å². The van der Waals surface area contributed by atoms with Crippen LogP contribution < -0.4 is 5.32 Å². The van der Waals surface area contributed by atoms with Gasteiger partial charge in [0.25, 0.3) is 0 Å². The molecule has 4 aromatic rings. The number of nitrogens with one attached hydrogen (secondary N) is 1. The van der Waals surface area contributed by atoms with Crippen LogP contribution >= 0.6 is 0 Å². The van der Waals surface area contributed by atoms with Gasteiger partial charge in [0.1, 0.15) is 24.1 Å². The van der Waals surface area contributed by atoms with Gasteiger partial charge < -0.3 is 10.2 Å². The Hall–Kier alpha value is -4.75. The molecule has 11 nitrogen and oxygen atoms in total. The van der Waals surface area contributed by atoms with Gasteiger partial charge in [-0.05, 0) is 42.9 Å². The van der Waals surface area contributed by atoms with Crippen LogP contribution in [0.25, 0.3) is 22.0 Å². The summed E-state index contributed by atoms with van der Waals surface area (Å²) >= 11 is 0. The zero-order valence-corrected chi connectivity index (χ0v) is 22.8. The van der Waals surface area contributed by atoms with Crippen LogP contribution in [0.3, 0.4) is 0 Å². The van der Waals surface area contributed by atoms with Crippen LogP contribution in [-0.4, -0.2) is 64.3 Å². The highest BCUT2D eigenvalue weighted by molar-refractivity contribution is 6.06. The fourth-order valence-electron chi connectivity index (χ4n) is 5.62. The van der Waals surface area contributed by atoms with E-state index >= 15 is 0 Å². The van der Waals surface area contributed by atoms with Crippen molar-refractivity contribution in [3.05, 3.63) is 60.2 Å². The van der Waals surface area contributed by atoms with Gasteiger partial charge in [0, 0.05) is 36.3 Å². The first kappa shape index (κ1) is 27.4. The third-order valence-corrected chi connectivity index (χ3v) is 7.89. The first-order valence-corrected chi connectivity index (χ1v) is 13.2. The van der Waals surface area contributed by atoms with E-state index in [1.54, 1.807) is 31.5 Å². The number of rotatable bonds is 6. The number of amides is 2. The van der Waals surface area contributed by atoms with Crippen LogP contribution in [0.5, 0.6) is 0 Å². The average Bonchev–Trinajstić information content (AvgIpc) is 3.30. The number of nitrogens with zero attached hydrogens (tertiary/aromatic N) is 7. The van der Waals surface area contributed by atoms with Gasteiger partial charge in [0.05, 0.1) is 17.9 Å². The van der Waals surface area contributed by atoms with Crippen molar-refractivity contribution in [3.63, 3.8) is 0 Å². The fourth-order valence-corrected chi connectivity index (χ4v) is 5.62. The van der Waals surface area contributed by atoms with E-state index in [2.05, 4.69) is 30.4 Å². The highest BCUT2D eigenvalue weighted by atomic mass is 19.4. The molecule has 1 unspecified atom stereocenters. The van der Waals surface area contributed by atoms with Crippen molar-refractivity contribution in [1.82, 2.24) is 34.6 Å². The second-order valence-corrected chi connectivity index (χ2v) is 11.0. The summed E-state index contributed by atoms with van der Waals surface area (Å²) in [5.74, 6) is -1.05. The molecule has 6 rings (SSSR count). The minimum absolute atomic E-state index is 0.197. The molecule has 2 aliphatic rings. The molecule has 2 amide bonds. The Labute approximate surface area is 237 Å². The molecule has 1 aromatic carbocycles. The molecular weight excluding hydrogens is 553 g/mol. The van der Waals surface area contributed by atoms with E-state index in [0.29, 0.717) is 35.8 Å². The molecule has 14 heteroatoms. The molecule has 1 N–H and O–H groups in total. The number of carbonyl (C=O) groups excluding carboxylic acids is 3. The minimum Gasteiger partial charge on any atom is -0.325 e. The van der Waals surface area contributed by atoms with E-state index < -0.39 is 29.7 Å². The number of benzene rings is 1. The lowest BCUT2D eigenvalue weighted by Gasteiger charge is -2.26. The normalized spacial score (nSPS) is 21.3. The Kier molecular flexibility index (Phi) is 6.31. The number of halogens is 3. The topological polar surface area (TPSA) is 136 Å². The molecule has 0 radical (unpaired) electrons. The number of hydrogen-bond acceptors (Lipinski definition) is 8. The standard InChI is InChI=1S/C28H25F3N8O3/c1-14(40)25-18-6-16(17-9-33-15(2)34-10-17)4-5-19(18)38(37-25)13-24(41)39-20(7-27(3)8-22(27)39)26(42)36-23-12-32-11-21(35-23)28(29,30)31/h4-6,9-12,20,22H,7-8,13H2,1-3H3,(H,35,36,42)/t20-,22?,27-/m0/s1. The number of fused-ring (bicyclic) bond motifs is 2. The number of anilines is 1. The molecule has 0 spiro atoms. The van der Waals surface area contributed by atoms with Crippen molar-refractivity contribution in [2.75, 3.05) is 5.32 Å². The summed E-state index contributed by atoms with van der Waals surface area (Å²) in [6.45, 7) is 4.89. The maximum atomic E-state index is 13.7. The number of aromatic nitrogens is 6. The number of Topliss-reactive ketones (excluding diaryl/α,β-unsaturated/α-hetero) is 1. The highest BCUT2D eigenvalue weighted by Gasteiger charge is 2.64.